The van der Waals surface area contributed by atoms with E-state index < -0.39 is 0 Å². The second-order valence-corrected chi connectivity index (χ2v) is 9.62. The molecule has 6 rings (SSSR count). The zero-order chi connectivity index (χ0) is 26.2. The highest BCUT2D eigenvalue weighted by Crippen LogP contribution is 2.36. The van der Waals surface area contributed by atoms with E-state index in [2.05, 4.69) is 75.1 Å². The summed E-state index contributed by atoms with van der Waals surface area (Å²) in [5, 5.41) is 13.2. The van der Waals surface area contributed by atoms with E-state index in [4.69, 9.17) is 0 Å². The minimum Gasteiger partial charge on any atom is -0.359 e. The van der Waals surface area contributed by atoms with Gasteiger partial charge in [-0.2, -0.15) is 5.10 Å². The zero-order valence-electron chi connectivity index (χ0n) is 21.2. The molecule has 188 valence electrons. The van der Waals surface area contributed by atoms with Gasteiger partial charge in [-0.3, -0.25) is 10.1 Å². The Morgan fingerprint density at radius 1 is 1.03 bits per heavy atom. The molecule has 0 aliphatic heterocycles. The number of pyridine rings is 1. The van der Waals surface area contributed by atoms with E-state index in [1.165, 1.54) is 25.0 Å². The van der Waals surface area contributed by atoms with E-state index in [1.54, 1.807) is 18.3 Å². The predicted molar refractivity (Wildman–Crippen MR) is 154 cm³/mol. The fourth-order valence-electron chi connectivity index (χ4n) is 4.78. The molecule has 0 unspecified atom stereocenters. The van der Waals surface area contributed by atoms with Crippen molar-refractivity contribution in [2.75, 3.05) is 0 Å². The average Bonchev–Trinajstić information content (AvgIpc) is 3.57. The highest BCUT2D eigenvalue weighted by atomic mass is 19.1. The number of allylic oxidation sites excluding steroid dienone is 5. The topological polar surface area (TPSA) is 69.4 Å². The van der Waals surface area contributed by atoms with Gasteiger partial charge in [-0.15, -0.1) is 0 Å². The second-order valence-electron chi connectivity index (χ2n) is 9.62. The van der Waals surface area contributed by atoms with Crippen LogP contribution in [-0.4, -0.2) is 20.2 Å². The Morgan fingerprint density at radius 3 is 2.55 bits per heavy atom. The van der Waals surface area contributed by atoms with Crippen molar-refractivity contribution in [2.24, 2.45) is 5.92 Å². The minimum absolute atomic E-state index is 0.270. The maximum Gasteiger partial charge on any atom is 0.123 e. The molecule has 5 aromatic rings. The van der Waals surface area contributed by atoms with Crippen LogP contribution in [0.15, 0.2) is 104 Å². The van der Waals surface area contributed by atoms with Crippen LogP contribution >= 0.6 is 0 Å². The number of hydrogen-bond acceptors (Lipinski definition) is 3. The molecule has 3 heterocycles. The molecule has 6 heteroatoms. The van der Waals surface area contributed by atoms with E-state index >= 15 is 0 Å². The molecule has 1 fully saturated rings. The molecular formula is C32H28FN5. The predicted octanol–water partition coefficient (Wildman–Crippen LogP) is 7.90. The number of fused-ring (bicyclic) bond motifs is 2. The molecule has 1 saturated carbocycles. The molecule has 3 N–H and O–H groups in total. The number of halogens is 1. The molecule has 0 amide bonds. The fourth-order valence-corrected chi connectivity index (χ4v) is 4.78. The summed E-state index contributed by atoms with van der Waals surface area (Å²) in [5.74, 6) is 0.293. The Kier molecular flexibility index (Phi) is 6.00. The Labute approximate surface area is 220 Å². The molecule has 0 saturated heterocycles. The number of aromatic amines is 2. The van der Waals surface area contributed by atoms with Gasteiger partial charge >= 0.3 is 0 Å². The van der Waals surface area contributed by atoms with Crippen molar-refractivity contribution in [1.82, 2.24) is 25.5 Å². The van der Waals surface area contributed by atoms with Gasteiger partial charge in [-0.25, -0.2) is 4.39 Å². The zero-order valence-corrected chi connectivity index (χ0v) is 21.2. The molecule has 0 radical (unpaired) electrons. The molecule has 1 aliphatic rings. The summed E-state index contributed by atoms with van der Waals surface area (Å²) in [4.78, 5) is 8.08. The quantitative estimate of drug-likeness (QED) is 0.189. The lowest BCUT2D eigenvalue weighted by molar-refractivity contribution is 0.628. The molecule has 0 bridgehead atoms. The van der Waals surface area contributed by atoms with Crippen molar-refractivity contribution in [3.63, 3.8) is 0 Å². The number of nitrogens with one attached hydrogen (secondary N) is 3. The summed E-state index contributed by atoms with van der Waals surface area (Å²) in [5.41, 5.74) is 9.38. The van der Waals surface area contributed by atoms with Gasteiger partial charge in [0.1, 0.15) is 11.5 Å². The van der Waals surface area contributed by atoms with Gasteiger partial charge in [0.2, 0.25) is 0 Å². The van der Waals surface area contributed by atoms with Gasteiger partial charge in [-0.05, 0) is 97.5 Å². The first-order chi connectivity index (χ1) is 18.5. The smallest absolute Gasteiger partial charge is 0.123 e. The number of H-pyrrole nitrogens is 2. The van der Waals surface area contributed by atoms with E-state index in [-0.39, 0.29) is 5.82 Å². The third-order valence-corrected chi connectivity index (χ3v) is 7.03. The van der Waals surface area contributed by atoms with Crippen molar-refractivity contribution in [3.05, 3.63) is 115 Å². The van der Waals surface area contributed by atoms with Gasteiger partial charge in [0.05, 0.1) is 16.9 Å². The van der Waals surface area contributed by atoms with Crippen molar-refractivity contribution >= 4 is 27.4 Å². The van der Waals surface area contributed by atoms with Crippen LogP contribution < -0.4 is 5.32 Å². The lowest BCUT2D eigenvalue weighted by Crippen LogP contribution is -2.11. The summed E-state index contributed by atoms with van der Waals surface area (Å²) < 4.78 is 13.5. The molecular weight excluding hydrogens is 473 g/mol. The third kappa shape index (κ3) is 4.45. The molecule has 1 aliphatic carbocycles. The fraction of sp³-hybridized carbons (Fsp3) is 0.125. The molecule has 5 nitrogen and oxygen atoms in total. The summed E-state index contributed by atoms with van der Waals surface area (Å²) in [6.45, 7) is 10.2. The lowest BCUT2D eigenvalue weighted by Gasteiger charge is -2.11. The minimum atomic E-state index is -0.270. The summed E-state index contributed by atoms with van der Waals surface area (Å²) >= 11 is 0. The number of benzene rings is 2. The monoisotopic (exact) mass is 501 g/mol. The van der Waals surface area contributed by atoms with E-state index in [0.717, 1.165) is 67.0 Å². The van der Waals surface area contributed by atoms with Crippen LogP contribution in [0.2, 0.25) is 0 Å². The van der Waals surface area contributed by atoms with E-state index in [1.807, 2.05) is 19.1 Å². The number of rotatable bonds is 8. The highest BCUT2D eigenvalue weighted by molar-refractivity contribution is 6.00. The number of aromatic nitrogens is 4. The van der Waals surface area contributed by atoms with Crippen LogP contribution in [-0.2, 0) is 0 Å². The Morgan fingerprint density at radius 2 is 1.82 bits per heavy atom. The van der Waals surface area contributed by atoms with E-state index in [0.29, 0.717) is 5.92 Å². The molecule has 38 heavy (non-hydrogen) atoms. The summed E-state index contributed by atoms with van der Waals surface area (Å²) in [6.07, 6.45) is 10.2. The van der Waals surface area contributed by atoms with Crippen molar-refractivity contribution in [2.45, 2.75) is 19.8 Å². The normalized spacial score (nSPS) is 14.3. The Balaban J connectivity index is 1.38. The van der Waals surface area contributed by atoms with Gasteiger partial charge < -0.3 is 10.3 Å². The maximum absolute atomic E-state index is 13.5. The Hall–Kier alpha value is -4.71. The second kappa shape index (κ2) is 9.63. The van der Waals surface area contributed by atoms with Gasteiger partial charge in [0.25, 0.3) is 0 Å². The van der Waals surface area contributed by atoms with Crippen LogP contribution in [0.25, 0.3) is 50.0 Å². The maximum atomic E-state index is 13.5. The molecule has 0 spiro atoms. The van der Waals surface area contributed by atoms with Gasteiger partial charge in [-0.1, -0.05) is 25.3 Å². The first kappa shape index (κ1) is 23.7. The van der Waals surface area contributed by atoms with Crippen LogP contribution in [0.4, 0.5) is 4.39 Å². The van der Waals surface area contributed by atoms with Crippen molar-refractivity contribution in [1.29, 1.82) is 0 Å². The third-order valence-electron chi connectivity index (χ3n) is 7.03. The first-order valence-electron chi connectivity index (χ1n) is 12.7. The van der Waals surface area contributed by atoms with Crippen molar-refractivity contribution in [3.8, 4) is 22.6 Å². The van der Waals surface area contributed by atoms with Gasteiger partial charge in [0.15, 0.2) is 0 Å². The molecule has 0 atom stereocenters. The summed E-state index contributed by atoms with van der Waals surface area (Å²) in [7, 11) is 0. The van der Waals surface area contributed by atoms with E-state index in [9.17, 15) is 4.39 Å². The molecule has 3 aromatic heterocycles. The van der Waals surface area contributed by atoms with Crippen LogP contribution in [0.1, 0.15) is 25.3 Å². The first-order valence-corrected chi connectivity index (χ1v) is 12.7. The standard InChI is InChI=1S/C32H28FN5/c1-4-20(16-25(5-2)35-19(3)21-6-7-21)23-10-13-29-26(17-23)32(38-37-29)30-18-27-28(36-30)14-15-34-31(27)22-8-11-24(33)12-9-22/h4-5,8-18,21,35-36H,2-3,6-7H2,1H3,(H,37,38)/b20-4+,25-16+. The van der Waals surface area contributed by atoms with Crippen LogP contribution in [0.5, 0.6) is 0 Å². The van der Waals surface area contributed by atoms with Gasteiger partial charge in [0, 0.05) is 39.4 Å². The van der Waals surface area contributed by atoms with Crippen LogP contribution in [0, 0.1) is 11.7 Å². The molecule has 2 aromatic carbocycles. The number of nitrogens with zero attached hydrogens (tertiary/aromatic N) is 2. The largest absolute Gasteiger partial charge is 0.359 e. The highest BCUT2D eigenvalue weighted by Gasteiger charge is 2.24. The van der Waals surface area contributed by atoms with Crippen LogP contribution in [0.3, 0.4) is 0 Å². The summed E-state index contributed by atoms with van der Waals surface area (Å²) in [6, 6.07) is 16.7. The number of hydrogen-bond donors (Lipinski definition) is 3. The SMILES string of the molecule is C=C/C(=C\C(=C/C)c1ccc2[nH]nc(-c3cc4c(-c5ccc(F)cc5)nccc4[nH]3)c2c1)NC(=C)C1CC1. The van der Waals surface area contributed by atoms with Crippen molar-refractivity contribution < 1.29 is 4.39 Å². The average molecular weight is 502 g/mol. The Bertz CT molecular complexity index is 1750. The lowest BCUT2D eigenvalue weighted by atomic mass is 10.0.